The van der Waals surface area contributed by atoms with Crippen LogP contribution in [0.1, 0.15) is 6.42 Å². The van der Waals surface area contributed by atoms with Crippen molar-refractivity contribution in [3.05, 3.63) is 28.3 Å². The number of non-ortho nitro benzene ring substituents is 1. The van der Waals surface area contributed by atoms with Crippen molar-refractivity contribution in [3.8, 4) is 17.6 Å². The van der Waals surface area contributed by atoms with Gasteiger partial charge in [-0.1, -0.05) is 0 Å². The summed E-state index contributed by atoms with van der Waals surface area (Å²) in [6.07, 6.45) is 0.507. The Labute approximate surface area is 110 Å². The Balaban J connectivity index is 2.68. The maximum Gasteiger partial charge on any atom is 0.273 e. The first kappa shape index (κ1) is 14.7. The highest BCUT2D eigenvalue weighted by atomic mass is 16.6. The van der Waals surface area contributed by atoms with Crippen LogP contribution in [0.25, 0.3) is 0 Å². The van der Waals surface area contributed by atoms with Crippen LogP contribution in [0.3, 0.4) is 0 Å². The molecule has 0 aliphatic heterocycles. The van der Waals surface area contributed by atoms with Crippen LogP contribution >= 0.6 is 0 Å². The molecule has 19 heavy (non-hydrogen) atoms. The first-order valence-corrected chi connectivity index (χ1v) is 5.64. The predicted molar refractivity (Wildman–Crippen MR) is 68.2 cm³/mol. The number of benzene rings is 1. The topological polar surface area (TPSA) is 97.4 Å². The standard InChI is InChI=1S/C12H15N3O4/c1-14-9(8-13)5-6-19-11-4-3-10(15(16)17)7-12(11)18-2/h3-4,7,9,14H,5-6H2,1-2H3. The van der Waals surface area contributed by atoms with E-state index < -0.39 is 4.92 Å². The molecule has 1 unspecified atom stereocenters. The molecule has 102 valence electrons. The van der Waals surface area contributed by atoms with Crippen LogP contribution < -0.4 is 14.8 Å². The molecule has 1 N–H and O–H groups in total. The molecule has 0 aliphatic carbocycles. The number of methoxy groups -OCH3 is 1. The van der Waals surface area contributed by atoms with Crippen LogP contribution in [0.5, 0.6) is 11.5 Å². The highest BCUT2D eigenvalue weighted by Crippen LogP contribution is 2.31. The van der Waals surface area contributed by atoms with E-state index in [9.17, 15) is 10.1 Å². The number of rotatable bonds is 7. The van der Waals surface area contributed by atoms with Gasteiger partial charge in [0.15, 0.2) is 11.5 Å². The van der Waals surface area contributed by atoms with Crippen LogP contribution in [0, 0.1) is 21.4 Å². The highest BCUT2D eigenvalue weighted by Gasteiger charge is 2.12. The Morgan fingerprint density at radius 2 is 2.26 bits per heavy atom. The fourth-order valence-corrected chi connectivity index (χ4v) is 1.45. The molecule has 0 aromatic heterocycles. The van der Waals surface area contributed by atoms with E-state index in [4.69, 9.17) is 14.7 Å². The van der Waals surface area contributed by atoms with E-state index in [2.05, 4.69) is 11.4 Å². The van der Waals surface area contributed by atoms with Gasteiger partial charge in [-0.15, -0.1) is 0 Å². The van der Waals surface area contributed by atoms with E-state index in [1.165, 1.54) is 25.3 Å². The summed E-state index contributed by atoms with van der Waals surface area (Å²) in [5.74, 6) is 0.716. The zero-order chi connectivity index (χ0) is 14.3. The maximum absolute atomic E-state index is 10.6. The van der Waals surface area contributed by atoms with Gasteiger partial charge in [-0.2, -0.15) is 5.26 Å². The average Bonchev–Trinajstić information content (AvgIpc) is 2.43. The summed E-state index contributed by atoms with van der Waals surface area (Å²) in [6, 6.07) is 5.92. The molecule has 0 fully saturated rings. The van der Waals surface area contributed by atoms with Crippen LogP contribution in [0.15, 0.2) is 18.2 Å². The van der Waals surface area contributed by atoms with Gasteiger partial charge in [0.05, 0.1) is 36.8 Å². The van der Waals surface area contributed by atoms with Crippen molar-refractivity contribution in [3.63, 3.8) is 0 Å². The van der Waals surface area contributed by atoms with E-state index in [-0.39, 0.29) is 11.7 Å². The molecule has 0 saturated carbocycles. The SMILES string of the molecule is CNC(C#N)CCOc1ccc([N+](=O)[O-])cc1OC. The third-order valence-electron chi connectivity index (χ3n) is 2.53. The normalized spacial score (nSPS) is 11.4. The molecule has 0 bridgehead atoms. The Kier molecular flexibility index (Phi) is 5.57. The van der Waals surface area contributed by atoms with E-state index in [0.29, 0.717) is 24.5 Å². The van der Waals surface area contributed by atoms with E-state index in [1.54, 1.807) is 7.05 Å². The third-order valence-corrected chi connectivity index (χ3v) is 2.53. The van der Waals surface area contributed by atoms with Crippen molar-refractivity contribution in [1.82, 2.24) is 5.32 Å². The molecule has 1 rings (SSSR count). The molecule has 0 saturated heterocycles. The van der Waals surface area contributed by atoms with Gasteiger partial charge in [0.2, 0.25) is 0 Å². The smallest absolute Gasteiger partial charge is 0.273 e. The molecular weight excluding hydrogens is 250 g/mol. The Morgan fingerprint density at radius 1 is 1.53 bits per heavy atom. The van der Waals surface area contributed by atoms with Crippen molar-refractivity contribution < 1.29 is 14.4 Å². The lowest BCUT2D eigenvalue weighted by Crippen LogP contribution is -2.25. The van der Waals surface area contributed by atoms with Gasteiger partial charge >= 0.3 is 0 Å². The summed E-state index contributed by atoms with van der Waals surface area (Å²) in [4.78, 5) is 10.1. The minimum Gasteiger partial charge on any atom is -0.493 e. The third kappa shape index (κ3) is 4.12. The molecule has 0 amide bonds. The zero-order valence-electron chi connectivity index (χ0n) is 10.8. The summed E-state index contributed by atoms with van der Waals surface area (Å²) < 4.78 is 10.5. The quantitative estimate of drug-likeness (QED) is 0.592. The van der Waals surface area contributed by atoms with Crippen LogP contribution in [0.2, 0.25) is 0 Å². The number of nitro groups is 1. The van der Waals surface area contributed by atoms with Gasteiger partial charge in [-0.3, -0.25) is 10.1 Å². The Hall–Kier alpha value is -2.33. The summed E-state index contributed by atoms with van der Waals surface area (Å²) in [7, 11) is 3.11. The van der Waals surface area contributed by atoms with Crippen LogP contribution in [-0.4, -0.2) is 31.7 Å². The number of nitriles is 1. The van der Waals surface area contributed by atoms with Gasteiger partial charge in [0.1, 0.15) is 0 Å². The second kappa shape index (κ2) is 7.18. The number of ether oxygens (including phenoxy) is 2. The lowest BCUT2D eigenvalue weighted by Gasteiger charge is -2.12. The second-order valence-electron chi connectivity index (χ2n) is 3.70. The summed E-state index contributed by atoms with van der Waals surface area (Å²) in [6.45, 7) is 0.313. The molecule has 0 heterocycles. The largest absolute Gasteiger partial charge is 0.493 e. The number of nitro benzene ring substituents is 1. The minimum absolute atomic E-state index is 0.0608. The second-order valence-corrected chi connectivity index (χ2v) is 3.70. The molecular formula is C12H15N3O4. The molecule has 0 spiro atoms. The van der Waals surface area contributed by atoms with Crippen molar-refractivity contribution >= 4 is 5.69 Å². The minimum atomic E-state index is -0.501. The van der Waals surface area contributed by atoms with Crippen molar-refractivity contribution in [2.24, 2.45) is 0 Å². The summed E-state index contributed by atoms with van der Waals surface area (Å²) >= 11 is 0. The fraction of sp³-hybridized carbons (Fsp3) is 0.417. The van der Waals surface area contributed by atoms with Gasteiger partial charge < -0.3 is 14.8 Å². The molecule has 0 radical (unpaired) electrons. The van der Waals surface area contributed by atoms with E-state index >= 15 is 0 Å². The van der Waals surface area contributed by atoms with Crippen molar-refractivity contribution in [2.75, 3.05) is 20.8 Å². The molecule has 1 atom stereocenters. The maximum atomic E-state index is 10.6. The number of hydrogen-bond acceptors (Lipinski definition) is 6. The van der Waals surface area contributed by atoms with Gasteiger partial charge in [0.25, 0.3) is 5.69 Å². The number of nitrogens with one attached hydrogen (secondary N) is 1. The van der Waals surface area contributed by atoms with E-state index in [0.717, 1.165) is 0 Å². The summed E-state index contributed by atoms with van der Waals surface area (Å²) in [5.41, 5.74) is -0.0608. The molecule has 7 heteroatoms. The van der Waals surface area contributed by atoms with Crippen molar-refractivity contribution in [2.45, 2.75) is 12.5 Å². The Morgan fingerprint density at radius 3 is 2.79 bits per heavy atom. The number of hydrogen-bond donors (Lipinski definition) is 1. The predicted octanol–water partition coefficient (Wildman–Crippen LogP) is 1.48. The van der Waals surface area contributed by atoms with Gasteiger partial charge in [0, 0.05) is 12.5 Å². The first-order valence-electron chi connectivity index (χ1n) is 5.64. The lowest BCUT2D eigenvalue weighted by molar-refractivity contribution is -0.384. The lowest BCUT2D eigenvalue weighted by atomic mass is 10.2. The Bertz CT molecular complexity index is 484. The molecule has 7 nitrogen and oxygen atoms in total. The monoisotopic (exact) mass is 265 g/mol. The molecule has 1 aromatic carbocycles. The van der Waals surface area contributed by atoms with E-state index in [1.807, 2.05) is 0 Å². The highest BCUT2D eigenvalue weighted by molar-refractivity contribution is 5.48. The average molecular weight is 265 g/mol. The first-order chi connectivity index (χ1) is 9.12. The van der Waals surface area contributed by atoms with Crippen LogP contribution in [-0.2, 0) is 0 Å². The zero-order valence-corrected chi connectivity index (χ0v) is 10.8. The fourth-order valence-electron chi connectivity index (χ4n) is 1.45. The van der Waals surface area contributed by atoms with Crippen molar-refractivity contribution in [1.29, 1.82) is 5.26 Å². The molecule has 1 aromatic rings. The number of nitrogens with zero attached hydrogens (tertiary/aromatic N) is 2. The summed E-state index contributed by atoms with van der Waals surface area (Å²) in [5, 5.41) is 22.2. The van der Waals surface area contributed by atoms with Crippen LogP contribution in [0.4, 0.5) is 5.69 Å². The molecule has 0 aliphatic rings. The van der Waals surface area contributed by atoms with Gasteiger partial charge in [-0.25, -0.2) is 0 Å². The van der Waals surface area contributed by atoms with Gasteiger partial charge in [-0.05, 0) is 13.1 Å².